The number of para-hydroxylation sites is 1. The molecule has 1 aliphatic heterocycles. The fourth-order valence-electron chi connectivity index (χ4n) is 3.88. The standard InChI is InChI=1S/C26H25N3O5/c30-25(23-17-21(29(32)33)12-13-24(23)34-22-10-3-1-4-11-22)27-18-19-8-7-9-20(16-19)26(31)28-14-5-2-6-15-28/h1,3-4,7-13,16-17H,2,5-6,14-15,18H2,(H,27,30). The lowest BCUT2D eigenvalue weighted by Crippen LogP contribution is -2.35. The Morgan fingerprint density at radius 1 is 0.941 bits per heavy atom. The van der Waals surface area contributed by atoms with Crippen LogP contribution in [0.2, 0.25) is 0 Å². The third kappa shape index (κ3) is 5.58. The zero-order valence-electron chi connectivity index (χ0n) is 18.6. The summed E-state index contributed by atoms with van der Waals surface area (Å²) in [6.45, 7) is 1.68. The minimum absolute atomic E-state index is 0.00916. The molecule has 0 aromatic heterocycles. The molecule has 4 rings (SSSR count). The first-order valence-electron chi connectivity index (χ1n) is 11.2. The number of likely N-dealkylation sites (tertiary alicyclic amines) is 1. The molecule has 1 saturated heterocycles. The average Bonchev–Trinajstić information content (AvgIpc) is 2.88. The lowest BCUT2D eigenvalue weighted by atomic mass is 10.1. The second-order valence-electron chi connectivity index (χ2n) is 8.09. The predicted molar refractivity (Wildman–Crippen MR) is 127 cm³/mol. The molecule has 0 spiro atoms. The van der Waals surface area contributed by atoms with Crippen LogP contribution in [0.1, 0.15) is 45.5 Å². The zero-order valence-corrected chi connectivity index (χ0v) is 18.6. The second-order valence-corrected chi connectivity index (χ2v) is 8.09. The summed E-state index contributed by atoms with van der Waals surface area (Å²) in [5.74, 6) is 0.199. The molecule has 8 nitrogen and oxygen atoms in total. The van der Waals surface area contributed by atoms with E-state index in [-0.39, 0.29) is 29.5 Å². The van der Waals surface area contributed by atoms with E-state index in [1.165, 1.54) is 18.2 Å². The summed E-state index contributed by atoms with van der Waals surface area (Å²) in [6.07, 6.45) is 3.17. The summed E-state index contributed by atoms with van der Waals surface area (Å²) in [5.41, 5.74) is 1.18. The van der Waals surface area contributed by atoms with Gasteiger partial charge in [-0.25, -0.2) is 0 Å². The van der Waals surface area contributed by atoms with Gasteiger partial charge >= 0.3 is 0 Å². The van der Waals surface area contributed by atoms with Crippen LogP contribution in [0, 0.1) is 10.1 Å². The Bertz CT molecular complexity index is 1190. The predicted octanol–water partition coefficient (Wildman–Crippen LogP) is 4.94. The normalized spacial score (nSPS) is 13.2. The number of carbonyl (C=O) groups excluding carboxylic acids is 2. The van der Waals surface area contributed by atoms with E-state index in [4.69, 9.17) is 4.74 Å². The number of carbonyl (C=O) groups is 2. The highest BCUT2D eigenvalue weighted by Crippen LogP contribution is 2.29. The third-order valence-electron chi connectivity index (χ3n) is 5.66. The van der Waals surface area contributed by atoms with Crippen molar-refractivity contribution in [3.63, 3.8) is 0 Å². The lowest BCUT2D eigenvalue weighted by Gasteiger charge is -2.26. The molecule has 174 valence electrons. The second kappa shape index (κ2) is 10.6. The molecule has 0 radical (unpaired) electrons. The van der Waals surface area contributed by atoms with Gasteiger partial charge in [0.1, 0.15) is 11.5 Å². The number of benzene rings is 3. The van der Waals surface area contributed by atoms with Gasteiger partial charge in [-0.3, -0.25) is 19.7 Å². The fraction of sp³-hybridized carbons (Fsp3) is 0.231. The number of nitrogens with zero attached hydrogens (tertiary/aromatic N) is 2. The lowest BCUT2D eigenvalue weighted by molar-refractivity contribution is -0.384. The van der Waals surface area contributed by atoms with E-state index in [2.05, 4.69) is 5.32 Å². The molecule has 1 heterocycles. The van der Waals surface area contributed by atoms with Crippen LogP contribution in [0.3, 0.4) is 0 Å². The van der Waals surface area contributed by atoms with Crippen LogP contribution in [0.5, 0.6) is 11.5 Å². The van der Waals surface area contributed by atoms with Gasteiger partial charge in [0.05, 0.1) is 10.5 Å². The fourth-order valence-corrected chi connectivity index (χ4v) is 3.88. The molecular weight excluding hydrogens is 434 g/mol. The summed E-state index contributed by atoms with van der Waals surface area (Å²) in [7, 11) is 0. The molecule has 1 fully saturated rings. The Balaban J connectivity index is 1.49. The first-order valence-corrected chi connectivity index (χ1v) is 11.2. The van der Waals surface area contributed by atoms with Crippen LogP contribution in [-0.2, 0) is 6.54 Å². The molecule has 3 aromatic rings. The number of piperidine rings is 1. The van der Waals surface area contributed by atoms with E-state index in [0.29, 0.717) is 11.3 Å². The van der Waals surface area contributed by atoms with Crippen molar-refractivity contribution in [3.05, 3.63) is 99.6 Å². The maximum absolute atomic E-state index is 13.0. The number of nitro benzene ring substituents is 1. The topological polar surface area (TPSA) is 102 Å². The third-order valence-corrected chi connectivity index (χ3v) is 5.66. The van der Waals surface area contributed by atoms with Crippen molar-refractivity contribution >= 4 is 17.5 Å². The van der Waals surface area contributed by atoms with E-state index in [0.717, 1.165) is 37.9 Å². The first kappa shape index (κ1) is 23.0. The molecule has 2 amide bonds. The van der Waals surface area contributed by atoms with Crippen molar-refractivity contribution in [2.24, 2.45) is 0 Å². The number of nitrogens with one attached hydrogen (secondary N) is 1. The Labute approximate surface area is 197 Å². The molecule has 3 aromatic carbocycles. The van der Waals surface area contributed by atoms with Crippen molar-refractivity contribution < 1.29 is 19.2 Å². The summed E-state index contributed by atoms with van der Waals surface area (Å²) in [5, 5.41) is 14.0. The van der Waals surface area contributed by atoms with Gasteiger partial charge in [-0.15, -0.1) is 0 Å². The highest BCUT2D eigenvalue weighted by molar-refractivity contribution is 5.98. The maximum Gasteiger partial charge on any atom is 0.270 e. The average molecular weight is 460 g/mol. The number of hydrogen-bond acceptors (Lipinski definition) is 5. The summed E-state index contributed by atoms with van der Waals surface area (Å²) in [4.78, 5) is 38.3. The van der Waals surface area contributed by atoms with Crippen molar-refractivity contribution in [2.45, 2.75) is 25.8 Å². The molecule has 0 aliphatic carbocycles. The first-order chi connectivity index (χ1) is 16.5. The van der Waals surface area contributed by atoms with Gasteiger partial charge in [0.25, 0.3) is 17.5 Å². The molecule has 0 atom stereocenters. The monoisotopic (exact) mass is 459 g/mol. The smallest absolute Gasteiger partial charge is 0.270 e. The molecule has 0 bridgehead atoms. The molecule has 1 N–H and O–H groups in total. The highest BCUT2D eigenvalue weighted by atomic mass is 16.6. The molecule has 0 saturated carbocycles. The Kier molecular flexibility index (Phi) is 7.17. The van der Waals surface area contributed by atoms with Crippen LogP contribution in [-0.4, -0.2) is 34.7 Å². The SMILES string of the molecule is O=C(NCc1cccc(C(=O)N2CCCCC2)c1)c1cc([N+](=O)[O-])ccc1Oc1ccccc1. The number of non-ortho nitro benzene ring substituents is 1. The quantitative estimate of drug-likeness (QED) is 0.398. The van der Waals surface area contributed by atoms with Crippen LogP contribution >= 0.6 is 0 Å². The number of hydrogen-bond donors (Lipinski definition) is 1. The van der Waals surface area contributed by atoms with Crippen LogP contribution in [0.25, 0.3) is 0 Å². The van der Waals surface area contributed by atoms with E-state index in [9.17, 15) is 19.7 Å². The van der Waals surface area contributed by atoms with Crippen LogP contribution < -0.4 is 10.1 Å². The number of rotatable bonds is 7. The van der Waals surface area contributed by atoms with E-state index in [1.807, 2.05) is 17.0 Å². The molecular formula is C26H25N3O5. The van der Waals surface area contributed by atoms with Gasteiger partial charge < -0.3 is 15.0 Å². The number of nitro groups is 1. The van der Waals surface area contributed by atoms with Crippen molar-refractivity contribution in [1.29, 1.82) is 0 Å². The minimum Gasteiger partial charge on any atom is -0.457 e. The number of amides is 2. The molecule has 34 heavy (non-hydrogen) atoms. The summed E-state index contributed by atoms with van der Waals surface area (Å²) in [6, 6.07) is 19.9. The molecule has 8 heteroatoms. The van der Waals surface area contributed by atoms with Gasteiger partial charge in [0.2, 0.25) is 0 Å². The van der Waals surface area contributed by atoms with Crippen molar-refractivity contribution in [2.75, 3.05) is 13.1 Å². The van der Waals surface area contributed by atoms with E-state index < -0.39 is 10.8 Å². The molecule has 0 unspecified atom stereocenters. The Hall–Kier alpha value is -4.20. The largest absolute Gasteiger partial charge is 0.457 e. The van der Waals surface area contributed by atoms with Crippen molar-refractivity contribution in [1.82, 2.24) is 10.2 Å². The van der Waals surface area contributed by atoms with Crippen molar-refractivity contribution in [3.8, 4) is 11.5 Å². The van der Waals surface area contributed by atoms with Gasteiger partial charge in [0.15, 0.2) is 0 Å². The van der Waals surface area contributed by atoms with Crippen LogP contribution in [0.15, 0.2) is 72.8 Å². The number of ether oxygens (including phenoxy) is 1. The highest BCUT2D eigenvalue weighted by Gasteiger charge is 2.20. The summed E-state index contributed by atoms with van der Waals surface area (Å²) >= 11 is 0. The molecule has 1 aliphatic rings. The van der Waals surface area contributed by atoms with E-state index in [1.54, 1.807) is 42.5 Å². The van der Waals surface area contributed by atoms with Gasteiger partial charge in [0, 0.05) is 37.3 Å². The van der Waals surface area contributed by atoms with Gasteiger partial charge in [-0.2, -0.15) is 0 Å². The zero-order chi connectivity index (χ0) is 23.9. The van der Waals surface area contributed by atoms with E-state index >= 15 is 0 Å². The van der Waals surface area contributed by atoms with Crippen LogP contribution in [0.4, 0.5) is 5.69 Å². The Morgan fingerprint density at radius 3 is 2.44 bits per heavy atom. The van der Waals surface area contributed by atoms with Gasteiger partial charge in [-0.05, 0) is 55.2 Å². The van der Waals surface area contributed by atoms with Gasteiger partial charge in [-0.1, -0.05) is 30.3 Å². The maximum atomic E-state index is 13.0. The Morgan fingerprint density at radius 2 is 1.71 bits per heavy atom. The summed E-state index contributed by atoms with van der Waals surface area (Å²) < 4.78 is 5.80. The minimum atomic E-state index is -0.557.